The predicted molar refractivity (Wildman–Crippen MR) is 81.2 cm³/mol. The molecule has 2 aliphatic heterocycles. The third kappa shape index (κ3) is 2.13. The number of hydrogen-bond acceptors (Lipinski definition) is 2. The Balaban J connectivity index is 0.00000121. The summed E-state index contributed by atoms with van der Waals surface area (Å²) in [5, 5.41) is 3.55. The number of nitrogens with one attached hydrogen (secondary N) is 1. The van der Waals surface area contributed by atoms with E-state index in [-0.39, 0.29) is 18.3 Å². The molecule has 20 heavy (non-hydrogen) atoms. The van der Waals surface area contributed by atoms with E-state index in [2.05, 4.69) is 28.4 Å². The molecule has 0 saturated carbocycles. The van der Waals surface area contributed by atoms with Gasteiger partial charge in [0.15, 0.2) is 0 Å². The second-order valence-corrected chi connectivity index (χ2v) is 6.14. The zero-order valence-corrected chi connectivity index (χ0v) is 12.4. The summed E-state index contributed by atoms with van der Waals surface area (Å²) < 4.78 is 0. The average Bonchev–Trinajstić information content (AvgIpc) is 2.87. The molecule has 1 aromatic carbocycles. The van der Waals surface area contributed by atoms with Crippen molar-refractivity contribution >= 4 is 18.3 Å². The number of nitrogens with zero attached hydrogens (tertiary/aromatic N) is 1. The zero-order valence-electron chi connectivity index (χ0n) is 11.5. The summed E-state index contributed by atoms with van der Waals surface area (Å²) >= 11 is 0. The zero-order chi connectivity index (χ0) is 12.8. The van der Waals surface area contributed by atoms with E-state index in [0.29, 0.717) is 17.9 Å². The fourth-order valence-electron chi connectivity index (χ4n) is 3.95. The third-order valence-electron chi connectivity index (χ3n) is 5.12. The minimum atomic E-state index is 0. The Morgan fingerprint density at radius 3 is 2.95 bits per heavy atom. The maximum absolute atomic E-state index is 12.6. The van der Waals surface area contributed by atoms with Crippen LogP contribution in [-0.4, -0.2) is 36.5 Å². The maximum atomic E-state index is 12.6. The van der Waals surface area contributed by atoms with Crippen molar-refractivity contribution in [1.82, 2.24) is 10.2 Å². The van der Waals surface area contributed by atoms with Gasteiger partial charge in [-0.25, -0.2) is 0 Å². The van der Waals surface area contributed by atoms with Crippen LogP contribution in [0.4, 0.5) is 0 Å². The van der Waals surface area contributed by atoms with Crippen molar-refractivity contribution in [3.63, 3.8) is 0 Å². The molecule has 0 aromatic heterocycles. The highest BCUT2D eigenvalue weighted by atomic mass is 35.5. The van der Waals surface area contributed by atoms with Gasteiger partial charge in [0, 0.05) is 19.1 Å². The Kier molecular flexibility index (Phi) is 3.74. The van der Waals surface area contributed by atoms with E-state index in [1.165, 1.54) is 17.5 Å². The molecule has 2 saturated heterocycles. The topological polar surface area (TPSA) is 32.3 Å². The number of carbonyl (C=O) groups excluding carboxylic acids is 1. The fraction of sp³-hybridized carbons (Fsp3) is 0.562. The lowest BCUT2D eigenvalue weighted by atomic mass is 9.76. The second kappa shape index (κ2) is 5.38. The monoisotopic (exact) mass is 292 g/mol. The van der Waals surface area contributed by atoms with Crippen molar-refractivity contribution in [2.45, 2.75) is 31.2 Å². The first kappa shape index (κ1) is 13.9. The molecule has 1 aromatic rings. The van der Waals surface area contributed by atoms with Gasteiger partial charge in [0.05, 0.1) is 5.92 Å². The van der Waals surface area contributed by atoms with Crippen molar-refractivity contribution in [2.24, 2.45) is 5.92 Å². The number of fused-ring (bicyclic) bond motifs is 2. The molecule has 0 radical (unpaired) electrons. The number of amides is 1. The number of rotatable bonds is 1. The van der Waals surface area contributed by atoms with E-state index in [9.17, 15) is 4.79 Å². The van der Waals surface area contributed by atoms with Crippen LogP contribution in [0.3, 0.4) is 0 Å². The molecular weight excluding hydrogens is 272 g/mol. The average molecular weight is 293 g/mol. The van der Waals surface area contributed by atoms with Gasteiger partial charge < -0.3 is 10.2 Å². The number of carbonyl (C=O) groups is 1. The van der Waals surface area contributed by atoms with Crippen LogP contribution in [0, 0.1) is 5.92 Å². The molecule has 0 bridgehead atoms. The number of benzene rings is 1. The van der Waals surface area contributed by atoms with Crippen LogP contribution < -0.4 is 5.32 Å². The SMILES string of the molecule is Cl.O=C(C1Cc2ccccc21)N1CCC2NCCC2C1. The maximum Gasteiger partial charge on any atom is 0.230 e. The van der Waals surface area contributed by atoms with Crippen molar-refractivity contribution < 1.29 is 4.79 Å². The van der Waals surface area contributed by atoms with Crippen LogP contribution in [0.2, 0.25) is 0 Å². The molecule has 3 aliphatic rings. The van der Waals surface area contributed by atoms with Crippen molar-refractivity contribution in [2.75, 3.05) is 19.6 Å². The molecule has 2 heterocycles. The highest BCUT2D eigenvalue weighted by Gasteiger charge is 2.39. The molecule has 3 atom stereocenters. The lowest BCUT2D eigenvalue weighted by Crippen LogP contribution is -2.49. The second-order valence-electron chi connectivity index (χ2n) is 6.14. The summed E-state index contributed by atoms with van der Waals surface area (Å²) in [4.78, 5) is 14.8. The van der Waals surface area contributed by atoms with Gasteiger partial charge in [-0.3, -0.25) is 4.79 Å². The van der Waals surface area contributed by atoms with E-state index in [1.807, 2.05) is 6.07 Å². The Morgan fingerprint density at radius 2 is 2.10 bits per heavy atom. The summed E-state index contributed by atoms with van der Waals surface area (Å²) in [5.74, 6) is 1.19. The quantitative estimate of drug-likeness (QED) is 0.858. The number of halogens is 1. The largest absolute Gasteiger partial charge is 0.342 e. The lowest BCUT2D eigenvalue weighted by Gasteiger charge is -2.39. The Hall–Kier alpha value is -1.06. The van der Waals surface area contributed by atoms with Gasteiger partial charge in [-0.15, -0.1) is 12.4 Å². The summed E-state index contributed by atoms with van der Waals surface area (Å²) in [6, 6.07) is 9.04. The van der Waals surface area contributed by atoms with Gasteiger partial charge in [-0.05, 0) is 42.9 Å². The highest BCUT2D eigenvalue weighted by molar-refractivity contribution is 5.87. The smallest absolute Gasteiger partial charge is 0.230 e. The standard InChI is InChI=1S/C16H20N2O.ClH/c19-16(14-9-11-3-1-2-4-13(11)14)18-8-6-15-12(10-18)5-7-17-15;/h1-4,12,14-15,17H,5-10H2;1H. The minimum absolute atomic E-state index is 0. The normalized spacial score (nSPS) is 30.8. The first-order chi connectivity index (χ1) is 9.33. The summed E-state index contributed by atoms with van der Waals surface area (Å²) in [5.41, 5.74) is 2.62. The van der Waals surface area contributed by atoms with Crippen molar-refractivity contribution in [3.05, 3.63) is 35.4 Å². The van der Waals surface area contributed by atoms with Gasteiger partial charge in [0.25, 0.3) is 0 Å². The van der Waals surface area contributed by atoms with Gasteiger partial charge in [-0.1, -0.05) is 24.3 Å². The van der Waals surface area contributed by atoms with Crippen LogP contribution >= 0.6 is 12.4 Å². The predicted octanol–water partition coefficient (Wildman–Crippen LogP) is 1.96. The molecule has 4 rings (SSSR count). The molecule has 4 heteroatoms. The number of hydrogen-bond donors (Lipinski definition) is 1. The minimum Gasteiger partial charge on any atom is -0.342 e. The first-order valence-corrected chi connectivity index (χ1v) is 7.43. The van der Waals surface area contributed by atoms with Crippen molar-refractivity contribution in [3.8, 4) is 0 Å². The third-order valence-corrected chi connectivity index (χ3v) is 5.12. The van der Waals surface area contributed by atoms with Gasteiger partial charge in [-0.2, -0.15) is 0 Å². The number of piperidine rings is 1. The highest BCUT2D eigenvalue weighted by Crippen LogP contribution is 2.37. The van der Waals surface area contributed by atoms with Crippen LogP contribution in [0.5, 0.6) is 0 Å². The molecule has 1 amide bonds. The molecular formula is C16H21ClN2O. The van der Waals surface area contributed by atoms with Crippen molar-refractivity contribution in [1.29, 1.82) is 0 Å². The summed E-state index contributed by atoms with van der Waals surface area (Å²) in [6.45, 7) is 3.03. The van der Waals surface area contributed by atoms with E-state index in [1.54, 1.807) is 0 Å². The fourth-order valence-corrected chi connectivity index (χ4v) is 3.95. The van der Waals surface area contributed by atoms with Crippen LogP contribution in [0.25, 0.3) is 0 Å². The van der Waals surface area contributed by atoms with Gasteiger partial charge >= 0.3 is 0 Å². The van der Waals surface area contributed by atoms with Crippen LogP contribution in [-0.2, 0) is 11.2 Å². The summed E-state index contributed by atoms with van der Waals surface area (Å²) in [7, 11) is 0. The molecule has 1 N–H and O–H groups in total. The van der Waals surface area contributed by atoms with Crippen LogP contribution in [0.15, 0.2) is 24.3 Å². The Morgan fingerprint density at radius 1 is 1.25 bits per heavy atom. The first-order valence-electron chi connectivity index (χ1n) is 7.43. The van der Waals surface area contributed by atoms with Gasteiger partial charge in [0.2, 0.25) is 5.91 Å². The van der Waals surface area contributed by atoms with Crippen LogP contribution in [0.1, 0.15) is 29.9 Å². The molecule has 0 spiro atoms. The summed E-state index contributed by atoms with van der Waals surface area (Å²) in [6.07, 6.45) is 3.30. The van der Waals surface area contributed by atoms with E-state index >= 15 is 0 Å². The van der Waals surface area contributed by atoms with E-state index in [4.69, 9.17) is 0 Å². The molecule has 108 valence electrons. The molecule has 3 unspecified atom stereocenters. The van der Waals surface area contributed by atoms with E-state index in [0.717, 1.165) is 32.5 Å². The lowest BCUT2D eigenvalue weighted by molar-refractivity contribution is -0.135. The molecule has 2 fully saturated rings. The number of likely N-dealkylation sites (tertiary alicyclic amines) is 1. The Labute approximate surface area is 126 Å². The van der Waals surface area contributed by atoms with E-state index < -0.39 is 0 Å². The van der Waals surface area contributed by atoms with Gasteiger partial charge in [0.1, 0.15) is 0 Å². The Bertz CT molecular complexity index is 519. The molecule has 3 nitrogen and oxygen atoms in total. The molecule has 1 aliphatic carbocycles.